The normalized spacial score (nSPS) is 13.4. The highest BCUT2D eigenvalue weighted by Gasteiger charge is 2.22. The molecule has 90 valence electrons. The van der Waals surface area contributed by atoms with Crippen molar-refractivity contribution in [3.05, 3.63) is 11.5 Å². The molecule has 5 heteroatoms. The average Bonchev–Trinajstić information content (AvgIpc) is 2.16. The van der Waals surface area contributed by atoms with Crippen molar-refractivity contribution in [3.8, 4) is 5.75 Å². The SMILES string of the molecule is COc1c(Cl)ncnc1NC(C)C(C)(C)C. The highest BCUT2D eigenvalue weighted by Crippen LogP contribution is 2.31. The highest BCUT2D eigenvalue weighted by molar-refractivity contribution is 6.31. The van der Waals surface area contributed by atoms with Crippen molar-refractivity contribution in [1.82, 2.24) is 9.97 Å². The molecule has 1 rings (SSSR count). The smallest absolute Gasteiger partial charge is 0.198 e. The van der Waals surface area contributed by atoms with Crippen LogP contribution in [0.2, 0.25) is 5.15 Å². The van der Waals surface area contributed by atoms with Gasteiger partial charge in [-0.05, 0) is 12.3 Å². The molecule has 0 fully saturated rings. The third-order valence-corrected chi connectivity index (χ3v) is 2.89. The van der Waals surface area contributed by atoms with E-state index in [9.17, 15) is 0 Å². The summed E-state index contributed by atoms with van der Waals surface area (Å²) in [5.41, 5.74) is 0.127. The van der Waals surface area contributed by atoms with Crippen molar-refractivity contribution in [3.63, 3.8) is 0 Å². The lowest BCUT2D eigenvalue weighted by atomic mass is 9.88. The minimum absolute atomic E-state index is 0.127. The summed E-state index contributed by atoms with van der Waals surface area (Å²) in [6.07, 6.45) is 1.42. The Morgan fingerprint density at radius 3 is 2.50 bits per heavy atom. The molecule has 1 N–H and O–H groups in total. The quantitative estimate of drug-likeness (QED) is 0.830. The first kappa shape index (κ1) is 13.0. The Morgan fingerprint density at radius 1 is 1.38 bits per heavy atom. The fourth-order valence-corrected chi connectivity index (χ4v) is 1.27. The molecule has 0 saturated heterocycles. The van der Waals surface area contributed by atoms with Gasteiger partial charge in [-0.1, -0.05) is 32.4 Å². The van der Waals surface area contributed by atoms with Crippen LogP contribution >= 0.6 is 11.6 Å². The summed E-state index contributed by atoms with van der Waals surface area (Å²) in [5.74, 6) is 1.12. The standard InChI is InChI=1S/C11H18ClN3O/c1-7(11(2,3)4)15-10-8(16-5)9(12)13-6-14-10/h6-7H,1-5H3,(H,13,14,15). The van der Waals surface area contributed by atoms with Gasteiger partial charge in [0.25, 0.3) is 0 Å². The summed E-state index contributed by atoms with van der Waals surface area (Å²) < 4.78 is 5.17. The number of nitrogens with one attached hydrogen (secondary N) is 1. The zero-order valence-corrected chi connectivity index (χ0v) is 11.1. The van der Waals surface area contributed by atoms with E-state index >= 15 is 0 Å². The number of rotatable bonds is 3. The molecule has 16 heavy (non-hydrogen) atoms. The van der Waals surface area contributed by atoms with E-state index in [1.54, 1.807) is 7.11 Å². The Labute approximate surface area is 101 Å². The summed E-state index contributed by atoms with van der Waals surface area (Å²) in [7, 11) is 1.55. The van der Waals surface area contributed by atoms with Crippen LogP contribution in [0.5, 0.6) is 5.75 Å². The molecule has 1 aromatic rings. The van der Waals surface area contributed by atoms with E-state index in [0.717, 1.165) is 0 Å². The summed E-state index contributed by atoms with van der Waals surface area (Å²) in [6, 6.07) is 0.243. The minimum atomic E-state index is 0.127. The lowest BCUT2D eigenvalue weighted by Crippen LogP contribution is -2.31. The molecule has 0 aromatic carbocycles. The van der Waals surface area contributed by atoms with Crippen LogP contribution in [0, 0.1) is 5.41 Å². The number of nitrogens with zero attached hydrogens (tertiary/aromatic N) is 2. The van der Waals surface area contributed by atoms with Gasteiger partial charge < -0.3 is 10.1 Å². The first-order valence-electron chi connectivity index (χ1n) is 5.17. The van der Waals surface area contributed by atoms with Gasteiger partial charge in [0, 0.05) is 6.04 Å². The van der Waals surface area contributed by atoms with E-state index in [1.165, 1.54) is 6.33 Å². The Kier molecular flexibility index (Phi) is 3.97. The van der Waals surface area contributed by atoms with Crippen LogP contribution in [0.15, 0.2) is 6.33 Å². The minimum Gasteiger partial charge on any atom is -0.490 e. The van der Waals surface area contributed by atoms with Crippen molar-refractivity contribution in [2.75, 3.05) is 12.4 Å². The Bertz CT molecular complexity index is 363. The third-order valence-electron chi connectivity index (χ3n) is 2.62. The maximum absolute atomic E-state index is 5.91. The van der Waals surface area contributed by atoms with Crippen LogP contribution in [0.1, 0.15) is 27.7 Å². The molecule has 0 aliphatic heterocycles. The number of methoxy groups -OCH3 is 1. The largest absolute Gasteiger partial charge is 0.490 e. The molecule has 0 amide bonds. The molecule has 1 heterocycles. The monoisotopic (exact) mass is 243 g/mol. The van der Waals surface area contributed by atoms with Gasteiger partial charge in [0.05, 0.1) is 7.11 Å². The second-order valence-electron chi connectivity index (χ2n) is 4.78. The van der Waals surface area contributed by atoms with Gasteiger partial charge in [-0.25, -0.2) is 9.97 Å². The molecule has 0 aliphatic carbocycles. The van der Waals surface area contributed by atoms with Crippen molar-refractivity contribution < 1.29 is 4.74 Å². The number of hydrogen-bond acceptors (Lipinski definition) is 4. The zero-order valence-electron chi connectivity index (χ0n) is 10.3. The predicted molar refractivity (Wildman–Crippen MR) is 66.1 cm³/mol. The van der Waals surface area contributed by atoms with Crippen LogP contribution in [0.4, 0.5) is 5.82 Å². The average molecular weight is 244 g/mol. The highest BCUT2D eigenvalue weighted by atomic mass is 35.5. The van der Waals surface area contributed by atoms with Crippen molar-refractivity contribution in [1.29, 1.82) is 0 Å². The van der Waals surface area contributed by atoms with Gasteiger partial charge in [-0.2, -0.15) is 0 Å². The number of hydrogen-bond donors (Lipinski definition) is 1. The van der Waals surface area contributed by atoms with Gasteiger partial charge in [0.1, 0.15) is 6.33 Å². The molecule has 0 aliphatic rings. The number of halogens is 1. The van der Waals surface area contributed by atoms with Crippen LogP contribution < -0.4 is 10.1 Å². The number of anilines is 1. The summed E-state index contributed by atoms with van der Waals surface area (Å²) >= 11 is 5.91. The van der Waals surface area contributed by atoms with Gasteiger partial charge in [-0.15, -0.1) is 0 Å². The van der Waals surface area contributed by atoms with Crippen LogP contribution in [-0.4, -0.2) is 23.1 Å². The fourth-order valence-electron chi connectivity index (χ4n) is 1.06. The zero-order chi connectivity index (χ0) is 12.3. The van der Waals surface area contributed by atoms with Gasteiger partial charge in [0.15, 0.2) is 16.7 Å². The van der Waals surface area contributed by atoms with Crippen molar-refractivity contribution in [2.45, 2.75) is 33.7 Å². The molecule has 0 spiro atoms. The van der Waals surface area contributed by atoms with E-state index in [-0.39, 0.29) is 11.5 Å². The summed E-state index contributed by atoms with van der Waals surface area (Å²) in [6.45, 7) is 8.55. The lowest BCUT2D eigenvalue weighted by molar-refractivity contribution is 0.355. The Hall–Kier alpha value is -1.03. The van der Waals surface area contributed by atoms with E-state index in [2.05, 4.69) is 43.0 Å². The second kappa shape index (κ2) is 4.87. The van der Waals surface area contributed by atoms with E-state index in [4.69, 9.17) is 16.3 Å². The maximum atomic E-state index is 5.91. The summed E-state index contributed by atoms with van der Waals surface area (Å²) in [5, 5.41) is 3.60. The van der Waals surface area contributed by atoms with Gasteiger partial charge in [-0.3, -0.25) is 0 Å². The van der Waals surface area contributed by atoms with Gasteiger partial charge in [0.2, 0.25) is 0 Å². The number of ether oxygens (including phenoxy) is 1. The molecular formula is C11H18ClN3O. The third kappa shape index (κ3) is 2.98. The maximum Gasteiger partial charge on any atom is 0.198 e. The topological polar surface area (TPSA) is 47.0 Å². The molecular weight excluding hydrogens is 226 g/mol. The first-order chi connectivity index (χ1) is 7.36. The second-order valence-corrected chi connectivity index (χ2v) is 5.14. The Balaban J connectivity index is 2.93. The van der Waals surface area contributed by atoms with E-state index in [0.29, 0.717) is 16.7 Å². The molecule has 4 nitrogen and oxygen atoms in total. The Morgan fingerprint density at radius 2 is 2.00 bits per heavy atom. The van der Waals surface area contributed by atoms with Crippen molar-refractivity contribution >= 4 is 17.4 Å². The summed E-state index contributed by atoms with van der Waals surface area (Å²) in [4.78, 5) is 8.00. The molecule has 0 saturated carbocycles. The van der Waals surface area contributed by atoms with E-state index < -0.39 is 0 Å². The molecule has 1 unspecified atom stereocenters. The van der Waals surface area contributed by atoms with E-state index in [1.807, 2.05) is 0 Å². The molecule has 0 bridgehead atoms. The molecule has 1 aromatic heterocycles. The lowest BCUT2D eigenvalue weighted by Gasteiger charge is -2.28. The van der Waals surface area contributed by atoms with Gasteiger partial charge >= 0.3 is 0 Å². The number of aromatic nitrogens is 2. The predicted octanol–water partition coefficient (Wildman–Crippen LogP) is 2.99. The van der Waals surface area contributed by atoms with Crippen LogP contribution in [0.3, 0.4) is 0 Å². The van der Waals surface area contributed by atoms with Crippen LogP contribution in [-0.2, 0) is 0 Å². The first-order valence-corrected chi connectivity index (χ1v) is 5.55. The van der Waals surface area contributed by atoms with Crippen LogP contribution in [0.25, 0.3) is 0 Å². The fraction of sp³-hybridized carbons (Fsp3) is 0.636. The van der Waals surface area contributed by atoms with Crippen molar-refractivity contribution in [2.24, 2.45) is 5.41 Å². The molecule has 0 radical (unpaired) electrons. The molecule has 1 atom stereocenters.